The molecule has 0 amide bonds. The molecule has 2 N–H and O–H groups in total. The van der Waals surface area contributed by atoms with Crippen LogP contribution in [-0.4, -0.2) is 11.2 Å². The van der Waals surface area contributed by atoms with Gasteiger partial charge in [0, 0.05) is 11.8 Å². The highest BCUT2D eigenvalue weighted by molar-refractivity contribution is 5.85. The van der Waals surface area contributed by atoms with Gasteiger partial charge in [0.05, 0.1) is 0 Å². The van der Waals surface area contributed by atoms with Gasteiger partial charge in [0.2, 0.25) is 5.95 Å². The van der Waals surface area contributed by atoms with Gasteiger partial charge >= 0.3 is 6.18 Å². The molecule has 80 valence electrons. The van der Waals surface area contributed by atoms with Crippen molar-refractivity contribution in [3.8, 4) is 0 Å². The summed E-state index contributed by atoms with van der Waals surface area (Å²) in [6.07, 6.45) is -3.59. The van der Waals surface area contributed by atoms with Crippen molar-refractivity contribution in [3.05, 3.63) is 29.8 Å². The third-order valence-electron chi connectivity index (χ3n) is 1.48. The summed E-state index contributed by atoms with van der Waals surface area (Å²) in [5, 5.41) is 0. The maximum Gasteiger partial charge on any atom is 0.407 e. The summed E-state index contributed by atoms with van der Waals surface area (Å²) >= 11 is 0. The van der Waals surface area contributed by atoms with Crippen LogP contribution in [0.25, 0.3) is 0 Å². The fourth-order valence-corrected chi connectivity index (χ4v) is 0.807. The fraction of sp³-hybridized carbons (Fsp3) is 0.286. The SMILES string of the molecule is Cl.N[C@@H](c1cccnc1F)C(F)(F)F. The average Bonchev–Trinajstić information content (AvgIpc) is 2.02. The van der Waals surface area contributed by atoms with Crippen molar-refractivity contribution in [3.63, 3.8) is 0 Å². The van der Waals surface area contributed by atoms with Gasteiger partial charge in [-0.25, -0.2) is 4.98 Å². The molecular weight excluding hydrogens is 224 g/mol. The first-order valence-electron chi connectivity index (χ1n) is 3.35. The number of aromatic nitrogens is 1. The van der Waals surface area contributed by atoms with E-state index < -0.39 is 23.7 Å². The molecule has 0 aromatic carbocycles. The number of nitrogens with two attached hydrogens (primary N) is 1. The smallest absolute Gasteiger partial charge is 0.316 e. The van der Waals surface area contributed by atoms with Crippen LogP contribution in [-0.2, 0) is 0 Å². The Hall–Kier alpha value is -0.880. The first-order chi connectivity index (χ1) is 5.93. The number of halogens is 5. The van der Waals surface area contributed by atoms with E-state index in [9.17, 15) is 17.6 Å². The van der Waals surface area contributed by atoms with E-state index >= 15 is 0 Å². The van der Waals surface area contributed by atoms with E-state index in [1.54, 1.807) is 0 Å². The van der Waals surface area contributed by atoms with E-state index in [0.717, 1.165) is 12.3 Å². The van der Waals surface area contributed by atoms with Crippen molar-refractivity contribution in [2.45, 2.75) is 12.2 Å². The summed E-state index contributed by atoms with van der Waals surface area (Å²) < 4.78 is 48.7. The standard InChI is InChI=1S/C7H6F4N2.ClH/c8-6-4(2-1-3-13-6)5(12)7(9,10)11;/h1-3,5H,12H2;1H/t5-;/m0./s1. The Bertz CT molecular complexity index is 302. The summed E-state index contributed by atoms with van der Waals surface area (Å²) in [5.74, 6) is -1.19. The van der Waals surface area contributed by atoms with Gasteiger partial charge < -0.3 is 5.73 Å². The molecule has 0 radical (unpaired) electrons. The summed E-state index contributed by atoms with van der Waals surface area (Å²) in [6.45, 7) is 0. The zero-order valence-corrected chi connectivity index (χ0v) is 7.57. The molecule has 0 saturated heterocycles. The topological polar surface area (TPSA) is 38.9 Å². The molecule has 0 unspecified atom stereocenters. The molecule has 1 atom stereocenters. The van der Waals surface area contributed by atoms with E-state index in [1.165, 1.54) is 6.07 Å². The van der Waals surface area contributed by atoms with Crippen molar-refractivity contribution in [1.29, 1.82) is 0 Å². The molecule has 1 aromatic rings. The molecule has 0 spiro atoms. The Balaban J connectivity index is 0.00000169. The predicted molar refractivity (Wildman–Crippen MR) is 44.4 cm³/mol. The molecule has 0 fully saturated rings. The van der Waals surface area contributed by atoms with Crippen LogP contribution in [0.2, 0.25) is 0 Å². The Labute approximate surface area is 83.5 Å². The summed E-state index contributed by atoms with van der Waals surface area (Å²) in [6, 6.07) is -0.161. The number of hydrogen-bond acceptors (Lipinski definition) is 2. The molecule has 0 aliphatic heterocycles. The molecule has 0 bridgehead atoms. The zero-order valence-electron chi connectivity index (χ0n) is 6.75. The third kappa shape index (κ3) is 2.81. The van der Waals surface area contributed by atoms with Crippen LogP contribution in [0.5, 0.6) is 0 Å². The van der Waals surface area contributed by atoms with Crippen LogP contribution in [0.4, 0.5) is 17.6 Å². The lowest BCUT2D eigenvalue weighted by Crippen LogP contribution is -2.29. The first kappa shape index (κ1) is 13.1. The lowest BCUT2D eigenvalue weighted by molar-refractivity contribution is -0.149. The molecule has 7 heteroatoms. The first-order valence-corrected chi connectivity index (χ1v) is 3.35. The molecule has 1 heterocycles. The van der Waals surface area contributed by atoms with Crippen LogP contribution >= 0.6 is 12.4 Å². The van der Waals surface area contributed by atoms with E-state index in [0.29, 0.717) is 0 Å². The molecule has 1 rings (SSSR count). The second-order valence-electron chi connectivity index (χ2n) is 2.40. The van der Waals surface area contributed by atoms with Gasteiger partial charge in [-0.3, -0.25) is 0 Å². The second kappa shape index (κ2) is 4.56. The predicted octanol–water partition coefficient (Wildman–Crippen LogP) is 2.20. The number of hydrogen-bond donors (Lipinski definition) is 1. The molecule has 0 saturated carbocycles. The van der Waals surface area contributed by atoms with Crippen molar-refractivity contribution in [2.24, 2.45) is 5.73 Å². The van der Waals surface area contributed by atoms with E-state index in [1.807, 2.05) is 0 Å². The maximum absolute atomic E-state index is 12.7. The minimum atomic E-state index is -4.65. The van der Waals surface area contributed by atoms with Gasteiger partial charge in [-0.15, -0.1) is 12.4 Å². The summed E-state index contributed by atoms with van der Waals surface area (Å²) in [5.41, 5.74) is 4.12. The van der Waals surface area contributed by atoms with Gasteiger partial charge in [-0.05, 0) is 6.07 Å². The quantitative estimate of drug-likeness (QED) is 0.593. The van der Waals surface area contributed by atoms with Crippen LogP contribution < -0.4 is 5.73 Å². The minimum Gasteiger partial charge on any atom is -0.316 e. The summed E-state index contributed by atoms with van der Waals surface area (Å²) in [7, 11) is 0. The molecule has 2 nitrogen and oxygen atoms in total. The largest absolute Gasteiger partial charge is 0.407 e. The fourth-order valence-electron chi connectivity index (χ4n) is 0.807. The maximum atomic E-state index is 12.7. The van der Waals surface area contributed by atoms with Crippen LogP contribution in [0.1, 0.15) is 11.6 Å². The molecule has 0 aliphatic carbocycles. The molecule has 1 aromatic heterocycles. The van der Waals surface area contributed by atoms with Crippen LogP contribution in [0.3, 0.4) is 0 Å². The Kier molecular flexibility index (Phi) is 4.28. The lowest BCUT2D eigenvalue weighted by atomic mass is 10.1. The van der Waals surface area contributed by atoms with E-state index in [4.69, 9.17) is 5.73 Å². The van der Waals surface area contributed by atoms with Crippen molar-refractivity contribution in [1.82, 2.24) is 4.98 Å². The van der Waals surface area contributed by atoms with Gasteiger partial charge in [0.25, 0.3) is 0 Å². The normalized spacial score (nSPS) is 13.2. The Morgan fingerprint density at radius 1 is 1.36 bits per heavy atom. The highest BCUT2D eigenvalue weighted by atomic mass is 35.5. The third-order valence-corrected chi connectivity index (χ3v) is 1.48. The van der Waals surface area contributed by atoms with Crippen LogP contribution in [0.15, 0.2) is 18.3 Å². The van der Waals surface area contributed by atoms with E-state index in [2.05, 4.69) is 4.98 Å². The molecule has 0 aliphatic rings. The van der Waals surface area contributed by atoms with Crippen molar-refractivity contribution >= 4 is 12.4 Å². The molecule has 14 heavy (non-hydrogen) atoms. The number of rotatable bonds is 1. The number of pyridine rings is 1. The van der Waals surface area contributed by atoms with Gasteiger partial charge in [-0.2, -0.15) is 17.6 Å². The van der Waals surface area contributed by atoms with E-state index in [-0.39, 0.29) is 12.4 Å². The Morgan fingerprint density at radius 2 is 1.93 bits per heavy atom. The number of alkyl halides is 3. The van der Waals surface area contributed by atoms with Gasteiger partial charge in [0.15, 0.2) is 0 Å². The lowest BCUT2D eigenvalue weighted by Gasteiger charge is -2.15. The van der Waals surface area contributed by atoms with Gasteiger partial charge in [0.1, 0.15) is 6.04 Å². The molecular formula is C7H7ClF4N2. The van der Waals surface area contributed by atoms with Crippen LogP contribution in [0, 0.1) is 5.95 Å². The second-order valence-corrected chi connectivity index (χ2v) is 2.40. The van der Waals surface area contributed by atoms with Crippen molar-refractivity contribution < 1.29 is 17.6 Å². The van der Waals surface area contributed by atoms with Crippen molar-refractivity contribution in [2.75, 3.05) is 0 Å². The minimum absolute atomic E-state index is 0. The number of nitrogens with zero attached hydrogens (tertiary/aromatic N) is 1. The zero-order chi connectivity index (χ0) is 10.1. The average molecular weight is 231 g/mol. The summed E-state index contributed by atoms with van der Waals surface area (Å²) in [4.78, 5) is 3.07. The highest BCUT2D eigenvalue weighted by Gasteiger charge is 2.39. The Morgan fingerprint density at radius 3 is 2.36 bits per heavy atom. The highest BCUT2D eigenvalue weighted by Crippen LogP contribution is 2.30. The van der Waals surface area contributed by atoms with Gasteiger partial charge in [-0.1, -0.05) is 6.07 Å². The monoisotopic (exact) mass is 230 g/mol.